The van der Waals surface area contributed by atoms with Gasteiger partial charge >= 0.3 is 5.97 Å². The molecule has 0 saturated heterocycles. The fourth-order valence-corrected chi connectivity index (χ4v) is 2.37. The first-order valence-electron chi connectivity index (χ1n) is 6.34. The molecule has 2 unspecified atom stereocenters. The highest BCUT2D eigenvalue weighted by molar-refractivity contribution is 5.95. The zero-order valence-corrected chi connectivity index (χ0v) is 10.5. The van der Waals surface area contributed by atoms with Crippen LogP contribution in [0, 0.1) is 11.7 Å². The second-order valence-electron chi connectivity index (χ2n) is 4.91. The minimum Gasteiger partial charge on any atom is -0.458 e. The maximum absolute atomic E-state index is 13.3. The van der Waals surface area contributed by atoms with Crippen LogP contribution in [0.15, 0.2) is 18.2 Å². The van der Waals surface area contributed by atoms with Crippen molar-refractivity contribution in [3.05, 3.63) is 29.6 Å². The molecular formula is C14H18FNO2. The van der Waals surface area contributed by atoms with Crippen LogP contribution in [0.3, 0.4) is 0 Å². The highest BCUT2D eigenvalue weighted by atomic mass is 19.1. The highest BCUT2D eigenvalue weighted by Gasteiger charge is 2.26. The Labute approximate surface area is 106 Å². The molecule has 2 atom stereocenters. The number of benzene rings is 1. The number of hydrogen-bond acceptors (Lipinski definition) is 3. The number of carbonyl (C=O) groups is 1. The van der Waals surface area contributed by atoms with Crippen LogP contribution in [0.2, 0.25) is 0 Å². The van der Waals surface area contributed by atoms with E-state index in [1.807, 2.05) is 0 Å². The van der Waals surface area contributed by atoms with Crippen molar-refractivity contribution < 1.29 is 13.9 Å². The van der Waals surface area contributed by atoms with Crippen LogP contribution in [-0.2, 0) is 4.74 Å². The molecular weight excluding hydrogens is 233 g/mol. The SMILES string of the molecule is CC1CCCCC1OC(=O)c1cccc(F)c1N. The Morgan fingerprint density at radius 2 is 2.11 bits per heavy atom. The first kappa shape index (κ1) is 12.9. The lowest BCUT2D eigenvalue weighted by Gasteiger charge is -2.28. The molecule has 0 aromatic heterocycles. The van der Waals surface area contributed by atoms with E-state index in [-0.39, 0.29) is 17.4 Å². The monoisotopic (exact) mass is 251 g/mol. The van der Waals surface area contributed by atoms with Crippen molar-refractivity contribution in [3.8, 4) is 0 Å². The maximum Gasteiger partial charge on any atom is 0.340 e. The first-order valence-corrected chi connectivity index (χ1v) is 6.34. The van der Waals surface area contributed by atoms with Gasteiger partial charge in [0.2, 0.25) is 0 Å². The molecule has 2 rings (SSSR count). The number of para-hydroxylation sites is 1. The molecule has 98 valence electrons. The van der Waals surface area contributed by atoms with E-state index in [0.717, 1.165) is 19.3 Å². The summed E-state index contributed by atoms with van der Waals surface area (Å²) < 4.78 is 18.7. The Balaban J connectivity index is 2.09. The van der Waals surface area contributed by atoms with Crippen molar-refractivity contribution in [2.24, 2.45) is 5.92 Å². The van der Waals surface area contributed by atoms with Crippen LogP contribution >= 0.6 is 0 Å². The molecule has 1 fully saturated rings. The van der Waals surface area contributed by atoms with Gasteiger partial charge in [0.15, 0.2) is 0 Å². The predicted molar refractivity (Wildman–Crippen MR) is 67.6 cm³/mol. The number of rotatable bonds is 2. The largest absolute Gasteiger partial charge is 0.458 e. The average Bonchev–Trinajstić information content (AvgIpc) is 2.35. The van der Waals surface area contributed by atoms with Crippen LogP contribution in [0.5, 0.6) is 0 Å². The van der Waals surface area contributed by atoms with Gasteiger partial charge in [0, 0.05) is 0 Å². The van der Waals surface area contributed by atoms with Crippen molar-refractivity contribution in [2.75, 3.05) is 5.73 Å². The molecule has 0 radical (unpaired) electrons. The molecule has 4 heteroatoms. The Kier molecular flexibility index (Phi) is 3.84. The molecule has 3 nitrogen and oxygen atoms in total. The first-order chi connectivity index (χ1) is 8.59. The maximum atomic E-state index is 13.3. The second-order valence-corrected chi connectivity index (χ2v) is 4.91. The van der Waals surface area contributed by atoms with Crippen LogP contribution in [0.1, 0.15) is 43.0 Å². The Morgan fingerprint density at radius 1 is 1.39 bits per heavy atom. The standard InChI is InChI=1S/C14H18FNO2/c1-9-5-2-3-8-12(9)18-14(17)10-6-4-7-11(15)13(10)16/h4,6-7,9,12H,2-3,5,8,16H2,1H3. The molecule has 18 heavy (non-hydrogen) atoms. The van der Waals surface area contributed by atoms with E-state index in [1.165, 1.54) is 24.6 Å². The van der Waals surface area contributed by atoms with Crippen LogP contribution in [0.4, 0.5) is 10.1 Å². The van der Waals surface area contributed by atoms with Crippen LogP contribution < -0.4 is 5.73 Å². The molecule has 1 aromatic rings. The fraction of sp³-hybridized carbons (Fsp3) is 0.500. The summed E-state index contributed by atoms with van der Waals surface area (Å²) in [5.41, 5.74) is 5.53. The number of carbonyl (C=O) groups excluding carboxylic acids is 1. The third-order valence-electron chi connectivity index (χ3n) is 3.56. The summed E-state index contributed by atoms with van der Waals surface area (Å²) in [6, 6.07) is 4.19. The summed E-state index contributed by atoms with van der Waals surface area (Å²) in [6.07, 6.45) is 4.12. The topological polar surface area (TPSA) is 52.3 Å². The lowest BCUT2D eigenvalue weighted by atomic mass is 9.88. The number of nitrogen functional groups attached to an aromatic ring is 1. The second kappa shape index (κ2) is 5.38. The third kappa shape index (κ3) is 2.63. The summed E-state index contributed by atoms with van der Waals surface area (Å²) in [5.74, 6) is -0.746. The van der Waals surface area contributed by atoms with Gasteiger partial charge in [-0.3, -0.25) is 0 Å². The van der Waals surface area contributed by atoms with Gasteiger partial charge in [-0.05, 0) is 37.3 Å². The normalized spacial score (nSPS) is 23.7. The highest BCUT2D eigenvalue weighted by Crippen LogP contribution is 2.28. The predicted octanol–water partition coefficient (Wildman–Crippen LogP) is 3.14. The van der Waals surface area contributed by atoms with E-state index < -0.39 is 11.8 Å². The minimum absolute atomic E-state index is 0.0751. The number of esters is 1. The van der Waals surface area contributed by atoms with Gasteiger partial charge in [-0.25, -0.2) is 9.18 Å². The zero-order chi connectivity index (χ0) is 13.1. The molecule has 1 aliphatic rings. The molecule has 1 saturated carbocycles. The molecule has 0 bridgehead atoms. The fourth-order valence-electron chi connectivity index (χ4n) is 2.37. The summed E-state index contributed by atoms with van der Waals surface area (Å²) in [5, 5.41) is 0. The molecule has 0 amide bonds. The van der Waals surface area contributed by atoms with Crippen molar-refractivity contribution in [2.45, 2.75) is 38.7 Å². The summed E-state index contributed by atoms with van der Waals surface area (Å²) in [4.78, 5) is 12.0. The van der Waals surface area contributed by atoms with Gasteiger partial charge in [0.05, 0.1) is 11.3 Å². The van der Waals surface area contributed by atoms with Gasteiger partial charge in [0.25, 0.3) is 0 Å². The quantitative estimate of drug-likeness (QED) is 0.649. The van der Waals surface area contributed by atoms with E-state index in [2.05, 4.69) is 6.92 Å². The van der Waals surface area contributed by atoms with E-state index in [4.69, 9.17) is 10.5 Å². The Morgan fingerprint density at radius 3 is 2.83 bits per heavy atom. The summed E-state index contributed by atoms with van der Waals surface area (Å²) >= 11 is 0. The van der Waals surface area contributed by atoms with Gasteiger partial charge < -0.3 is 10.5 Å². The number of anilines is 1. The zero-order valence-electron chi connectivity index (χ0n) is 10.5. The number of halogens is 1. The number of hydrogen-bond donors (Lipinski definition) is 1. The Hall–Kier alpha value is -1.58. The molecule has 0 aliphatic heterocycles. The third-order valence-corrected chi connectivity index (χ3v) is 3.56. The number of nitrogens with two attached hydrogens (primary N) is 1. The average molecular weight is 251 g/mol. The van der Waals surface area contributed by atoms with E-state index >= 15 is 0 Å². The molecule has 1 aliphatic carbocycles. The van der Waals surface area contributed by atoms with Crippen LogP contribution in [0.25, 0.3) is 0 Å². The van der Waals surface area contributed by atoms with Crippen LogP contribution in [-0.4, -0.2) is 12.1 Å². The van der Waals surface area contributed by atoms with E-state index in [1.54, 1.807) is 0 Å². The number of ether oxygens (including phenoxy) is 1. The van der Waals surface area contributed by atoms with E-state index in [0.29, 0.717) is 5.92 Å². The van der Waals surface area contributed by atoms with Crippen molar-refractivity contribution in [1.82, 2.24) is 0 Å². The van der Waals surface area contributed by atoms with Gasteiger partial charge in [-0.1, -0.05) is 19.4 Å². The smallest absolute Gasteiger partial charge is 0.340 e. The van der Waals surface area contributed by atoms with Gasteiger partial charge in [-0.15, -0.1) is 0 Å². The Bertz CT molecular complexity index is 447. The molecule has 0 spiro atoms. The van der Waals surface area contributed by atoms with Crippen molar-refractivity contribution in [1.29, 1.82) is 0 Å². The lowest BCUT2D eigenvalue weighted by Crippen LogP contribution is -2.28. The van der Waals surface area contributed by atoms with E-state index in [9.17, 15) is 9.18 Å². The molecule has 2 N–H and O–H groups in total. The van der Waals surface area contributed by atoms with Crippen molar-refractivity contribution >= 4 is 11.7 Å². The molecule has 1 aromatic carbocycles. The summed E-state index contributed by atoms with van der Waals surface area (Å²) in [7, 11) is 0. The van der Waals surface area contributed by atoms with Gasteiger partial charge in [-0.2, -0.15) is 0 Å². The van der Waals surface area contributed by atoms with Gasteiger partial charge in [0.1, 0.15) is 11.9 Å². The van der Waals surface area contributed by atoms with Crippen molar-refractivity contribution in [3.63, 3.8) is 0 Å². The minimum atomic E-state index is -0.582. The molecule has 0 heterocycles. The summed E-state index contributed by atoms with van der Waals surface area (Å²) in [6.45, 7) is 2.08. The lowest BCUT2D eigenvalue weighted by molar-refractivity contribution is 0.00489.